The van der Waals surface area contributed by atoms with Crippen LogP contribution in [-0.4, -0.2) is 24.8 Å². The van der Waals surface area contributed by atoms with Gasteiger partial charge in [-0.2, -0.15) is 0 Å². The molecule has 0 atom stereocenters. The van der Waals surface area contributed by atoms with Crippen LogP contribution in [0, 0.1) is 0 Å². The van der Waals surface area contributed by atoms with Gasteiger partial charge in [0.2, 0.25) is 0 Å². The molecule has 5 heteroatoms. The fourth-order valence-electron chi connectivity index (χ4n) is 1.26. The molecular weight excluding hydrogens is 258 g/mol. The quantitative estimate of drug-likeness (QED) is 0.612. The maximum absolute atomic E-state index is 6.09. The van der Waals surface area contributed by atoms with Gasteiger partial charge in [-0.15, -0.1) is 0 Å². The van der Waals surface area contributed by atoms with Crippen LogP contribution in [0.4, 0.5) is 0 Å². The van der Waals surface area contributed by atoms with Gasteiger partial charge in [0, 0.05) is 17.2 Å². The van der Waals surface area contributed by atoms with Gasteiger partial charge < -0.3 is 15.2 Å². The lowest BCUT2D eigenvalue weighted by molar-refractivity contribution is 0.0453. The Bertz CT molecular complexity index is 385. The summed E-state index contributed by atoms with van der Waals surface area (Å²) in [6.45, 7) is 4.27. The summed E-state index contributed by atoms with van der Waals surface area (Å²) >= 11 is 11.0. The van der Waals surface area contributed by atoms with Crippen LogP contribution < -0.4 is 5.73 Å². The molecule has 0 heterocycles. The number of ether oxygens (including phenoxy) is 2. The summed E-state index contributed by atoms with van der Waals surface area (Å²) in [4.78, 5) is 0.343. The third-order valence-electron chi connectivity index (χ3n) is 2.17. The molecule has 94 valence electrons. The lowest BCUT2D eigenvalue weighted by Gasteiger charge is -2.07. The van der Waals surface area contributed by atoms with Crippen molar-refractivity contribution in [2.75, 3.05) is 19.8 Å². The normalized spacial score (nSPS) is 10.5. The van der Waals surface area contributed by atoms with E-state index in [0.29, 0.717) is 36.4 Å². The van der Waals surface area contributed by atoms with Gasteiger partial charge in [0.1, 0.15) is 4.99 Å². The summed E-state index contributed by atoms with van der Waals surface area (Å²) in [5.41, 5.74) is 7.20. The number of thiocarbonyl (C=S) groups is 1. The van der Waals surface area contributed by atoms with Crippen LogP contribution in [0.25, 0.3) is 0 Å². The molecule has 0 aliphatic carbocycles. The molecule has 17 heavy (non-hydrogen) atoms. The van der Waals surface area contributed by atoms with Crippen LogP contribution in [0.5, 0.6) is 0 Å². The molecule has 0 aliphatic rings. The van der Waals surface area contributed by atoms with Crippen LogP contribution in [0.3, 0.4) is 0 Å². The number of halogens is 1. The summed E-state index contributed by atoms with van der Waals surface area (Å²) in [5.74, 6) is 0. The minimum absolute atomic E-state index is 0.343. The molecule has 0 saturated carbocycles. The predicted molar refractivity (Wildman–Crippen MR) is 73.5 cm³/mol. The number of nitrogens with two attached hydrogens (primary N) is 1. The molecular formula is C12H16ClNO2S. The fraction of sp³-hybridized carbons (Fsp3) is 0.417. The third kappa shape index (κ3) is 5.00. The van der Waals surface area contributed by atoms with Crippen LogP contribution in [-0.2, 0) is 16.1 Å². The fourth-order valence-corrected chi connectivity index (χ4v) is 1.62. The van der Waals surface area contributed by atoms with Gasteiger partial charge in [0.25, 0.3) is 0 Å². The molecule has 0 amide bonds. The van der Waals surface area contributed by atoms with E-state index in [-0.39, 0.29) is 0 Å². The molecule has 1 rings (SSSR count). The monoisotopic (exact) mass is 273 g/mol. The van der Waals surface area contributed by atoms with Gasteiger partial charge in [-0.3, -0.25) is 0 Å². The Labute approximate surface area is 112 Å². The summed E-state index contributed by atoms with van der Waals surface area (Å²) in [7, 11) is 0. The van der Waals surface area contributed by atoms with Crippen molar-refractivity contribution < 1.29 is 9.47 Å². The van der Waals surface area contributed by atoms with E-state index in [4.69, 9.17) is 39.0 Å². The molecule has 0 radical (unpaired) electrons. The highest BCUT2D eigenvalue weighted by Crippen LogP contribution is 2.18. The summed E-state index contributed by atoms with van der Waals surface area (Å²) in [5, 5.41) is 0.617. The highest BCUT2D eigenvalue weighted by Gasteiger charge is 2.03. The lowest BCUT2D eigenvalue weighted by Crippen LogP contribution is -2.09. The van der Waals surface area contributed by atoms with E-state index in [1.165, 1.54) is 0 Å². The Morgan fingerprint density at radius 3 is 2.65 bits per heavy atom. The first kappa shape index (κ1) is 14.4. The van der Waals surface area contributed by atoms with Crippen molar-refractivity contribution in [3.05, 3.63) is 34.3 Å². The Morgan fingerprint density at radius 2 is 2.06 bits per heavy atom. The molecule has 1 aromatic carbocycles. The average Bonchev–Trinajstić information content (AvgIpc) is 2.30. The van der Waals surface area contributed by atoms with Gasteiger partial charge in [-0.05, 0) is 18.6 Å². The minimum Gasteiger partial charge on any atom is -0.389 e. The zero-order valence-corrected chi connectivity index (χ0v) is 11.3. The van der Waals surface area contributed by atoms with Crippen molar-refractivity contribution in [3.63, 3.8) is 0 Å². The largest absolute Gasteiger partial charge is 0.389 e. The standard InChI is InChI=1S/C12H16ClNO2S/c1-2-15-5-6-16-8-10-4-3-9(12(14)17)7-11(10)13/h3-4,7H,2,5-6,8H2,1H3,(H2,14,17). The zero-order chi connectivity index (χ0) is 12.7. The highest BCUT2D eigenvalue weighted by molar-refractivity contribution is 7.80. The Morgan fingerprint density at radius 1 is 1.35 bits per heavy atom. The van der Waals surface area contributed by atoms with E-state index in [1.54, 1.807) is 6.07 Å². The summed E-state index contributed by atoms with van der Waals surface area (Å²) in [6, 6.07) is 5.47. The Balaban J connectivity index is 2.46. The first-order valence-corrected chi connectivity index (χ1v) is 6.17. The van der Waals surface area contributed by atoms with Crippen molar-refractivity contribution in [2.24, 2.45) is 5.73 Å². The molecule has 0 unspecified atom stereocenters. The summed E-state index contributed by atoms with van der Waals surface area (Å²) in [6.07, 6.45) is 0. The Hall–Kier alpha value is -0.680. The van der Waals surface area contributed by atoms with Gasteiger partial charge in [-0.25, -0.2) is 0 Å². The van der Waals surface area contributed by atoms with E-state index in [9.17, 15) is 0 Å². The minimum atomic E-state index is 0.343. The van der Waals surface area contributed by atoms with Crippen LogP contribution in [0.2, 0.25) is 5.02 Å². The number of hydrogen-bond donors (Lipinski definition) is 1. The van der Waals surface area contributed by atoms with Crippen molar-refractivity contribution in [3.8, 4) is 0 Å². The number of rotatable bonds is 7. The number of benzene rings is 1. The van der Waals surface area contributed by atoms with Gasteiger partial charge in [0.15, 0.2) is 0 Å². The third-order valence-corrected chi connectivity index (χ3v) is 2.76. The second-order valence-electron chi connectivity index (χ2n) is 3.42. The first-order valence-electron chi connectivity index (χ1n) is 5.39. The maximum Gasteiger partial charge on any atom is 0.104 e. The van der Waals surface area contributed by atoms with Gasteiger partial charge in [0.05, 0.1) is 19.8 Å². The second-order valence-corrected chi connectivity index (χ2v) is 4.27. The maximum atomic E-state index is 6.09. The zero-order valence-electron chi connectivity index (χ0n) is 9.74. The number of hydrogen-bond acceptors (Lipinski definition) is 3. The first-order chi connectivity index (χ1) is 8.15. The molecule has 0 aliphatic heterocycles. The van der Waals surface area contributed by atoms with E-state index >= 15 is 0 Å². The van der Waals surface area contributed by atoms with Gasteiger partial charge >= 0.3 is 0 Å². The topological polar surface area (TPSA) is 44.5 Å². The van der Waals surface area contributed by atoms with E-state index in [2.05, 4.69) is 0 Å². The van der Waals surface area contributed by atoms with Crippen molar-refractivity contribution >= 4 is 28.8 Å². The lowest BCUT2D eigenvalue weighted by atomic mass is 10.1. The predicted octanol–water partition coefficient (Wildman–Crippen LogP) is 2.53. The highest BCUT2D eigenvalue weighted by atomic mass is 35.5. The molecule has 0 aromatic heterocycles. The van der Waals surface area contributed by atoms with Crippen molar-refractivity contribution in [1.29, 1.82) is 0 Å². The smallest absolute Gasteiger partial charge is 0.104 e. The molecule has 3 nitrogen and oxygen atoms in total. The molecule has 0 fully saturated rings. The van der Waals surface area contributed by atoms with Gasteiger partial charge in [-0.1, -0.05) is 36.0 Å². The molecule has 0 saturated heterocycles. The second kappa shape index (κ2) is 7.61. The van der Waals surface area contributed by atoms with Crippen LogP contribution >= 0.6 is 23.8 Å². The van der Waals surface area contributed by atoms with Crippen LogP contribution in [0.15, 0.2) is 18.2 Å². The van der Waals surface area contributed by atoms with E-state index in [0.717, 1.165) is 11.1 Å². The average molecular weight is 274 g/mol. The SMILES string of the molecule is CCOCCOCc1ccc(C(N)=S)cc1Cl. The summed E-state index contributed by atoms with van der Waals surface area (Å²) < 4.78 is 10.6. The Kier molecular flexibility index (Phi) is 6.44. The van der Waals surface area contributed by atoms with Crippen molar-refractivity contribution in [2.45, 2.75) is 13.5 Å². The van der Waals surface area contributed by atoms with Crippen LogP contribution in [0.1, 0.15) is 18.1 Å². The molecule has 2 N–H and O–H groups in total. The molecule has 0 spiro atoms. The van der Waals surface area contributed by atoms with E-state index < -0.39 is 0 Å². The van der Waals surface area contributed by atoms with Crippen molar-refractivity contribution in [1.82, 2.24) is 0 Å². The molecule has 1 aromatic rings. The molecule has 0 bridgehead atoms. The van der Waals surface area contributed by atoms with E-state index in [1.807, 2.05) is 19.1 Å².